The first-order chi connectivity index (χ1) is 4.93. The van der Waals surface area contributed by atoms with Gasteiger partial charge in [-0.05, 0) is 18.2 Å². The zero-order valence-corrected chi connectivity index (χ0v) is 6.46. The Kier molecular flexibility index (Phi) is 3.03. The molecule has 1 aromatic heterocycles. The van der Waals surface area contributed by atoms with Crippen molar-refractivity contribution >= 4 is 18.7 Å². The predicted molar refractivity (Wildman–Crippen MR) is 47.1 cm³/mol. The molecule has 0 fully saturated rings. The zero-order chi connectivity index (χ0) is 7.23. The summed E-state index contributed by atoms with van der Waals surface area (Å²) in [5, 5.41) is 0. The molecule has 0 aromatic carbocycles. The molecule has 0 unspecified atom stereocenters. The largest absolute Gasteiger partial charge is 0.257 e. The van der Waals surface area contributed by atoms with Crippen molar-refractivity contribution in [3.8, 4) is 0 Å². The number of rotatable bonds is 2. The van der Waals surface area contributed by atoms with Crippen LogP contribution in [-0.2, 0) is 0 Å². The molecule has 52 valence electrons. The summed E-state index contributed by atoms with van der Waals surface area (Å²) in [7, 11) is 0. The van der Waals surface area contributed by atoms with E-state index < -0.39 is 0 Å². The second-order valence-electron chi connectivity index (χ2n) is 1.84. The van der Waals surface area contributed by atoms with Gasteiger partial charge in [0, 0.05) is 11.9 Å². The number of thiol groups is 1. The van der Waals surface area contributed by atoms with E-state index in [1.54, 1.807) is 6.20 Å². The molecule has 1 heterocycles. The Balaban J connectivity index is 2.67. The van der Waals surface area contributed by atoms with Gasteiger partial charge in [0.2, 0.25) is 0 Å². The SMILES string of the molecule is SCC=Cc1ccccn1. The Morgan fingerprint density at radius 1 is 1.50 bits per heavy atom. The van der Waals surface area contributed by atoms with Crippen molar-refractivity contribution in [3.05, 3.63) is 36.2 Å². The molecule has 0 aliphatic carbocycles. The summed E-state index contributed by atoms with van der Waals surface area (Å²) in [6.45, 7) is 0. The molecule has 0 bridgehead atoms. The number of nitrogens with zero attached hydrogens (tertiary/aromatic N) is 1. The molecular formula is C8H9NS. The fourth-order valence-corrected chi connectivity index (χ4v) is 0.753. The Labute approximate surface area is 66.2 Å². The normalized spacial score (nSPS) is 10.5. The maximum absolute atomic E-state index is 4.10. The first kappa shape index (κ1) is 7.35. The van der Waals surface area contributed by atoms with Crippen LogP contribution in [0.4, 0.5) is 0 Å². The Morgan fingerprint density at radius 3 is 3.00 bits per heavy atom. The average molecular weight is 151 g/mol. The summed E-state index contributed by atoms with van der Waals surface area (Å²) in [5.74, 6) is 0.760. The molecule has 0 saturated carbocycles. The smallest absolute Gasteiger partial charge is 0.0626 e. The van der Waals surface area contributed by atoms with E-state index >= 15 is 0 Å². The van der Waals surface area contributed by atoms with Gasteiger partial charge in [0.1, 0.15) is 0 Å². The fraction of sp³-hybridized carbons (Fsp3) is 0.125. The molecule has 1 rings (SSSR count). The van der Waals surface area contributed by atoms with Crippen LogP contribution in [0.25, 0.3) is 6.08 Å². The van der Waals surface area contributed by atoms with Crippen molar-refractivity contribution in [2.45, 2.75) is 0 Å². The quantitative estimate of drug-likeness (QED) is 0.638. The molecule has 0 spiro atoms. The van der Waals surface area contributed by atoms with E-state index in [9.17, 15) is 0 Å². The van der Waals surface area contributed by atoms with E-state index in [2.05, 4.69) is 17.6 Å². The van der Waals surface area contributed by atoms with Crippen LogP contribution in [0.5, 0.6) is 0 Å². The van der Waals surface area contributed by atoms with Gasteiger partial charge in [-0.15, -0.1) is 0 Å². The van der Waals surface area contributed by atoms with E-state index in [0.717, 1.165) is 11.4 Å². The summed E-state index contributed by atoms with van der Waals surface area (Å²) in [4.78, 5) is 4.10. The lowest BCUT2D eigenvalue weighted by Gasteiger charge is -1.87. The molecule has 0 N–H and O–H groups in total. The molecule has 0 amide bonds. The zero-order valence-electron chi connectivity index (χ0n) is 5.57. The van der Waals surface area contributed by atoms with Gasteiger partial charge < -0.3 is 0 Å². The van der Waals surface area contributed by atoms with Gasteiger partial charge in [-0.3, -0.25) is 4.98 Å². The molecule has 0 saturated heterocycles. The molecule has 1 nitrogen and oxygen atoms in total. The van der Waals surface area contributed by atoms with Crippen molar-refractivity contribution in [1.82, 2.24) is 4.98 Å². The standard InChI is InChI=1S/C8H9NS/c10-7-3-5-8-4-1-2-6-9-8/h1-6,10H,7H2. The highest BCUT2D eigenvalue weighted by Crippen LogP contribution is 1.95. The maximum Gasteiger partial charge on any atom is 0.0626 e. The number of aromatic nitrogens is 1. The molecule has 2 heteroatoms. The lowest BCUT2D eigenvalue weighted by molar-refractivity contribution is 1.29. The van der Waals surface area contributed by atoms with Gasteiger partial charge in [0.05, 0.1) is 5.69 Å². The van der Waals surface area contributed by atoms with Gasteiger partial charge in [-0.25, -0.2) is 0 Å². The fourth-order valence-electron chi connectivity index (χ4n) is 0.648. The van der Waals surface area contributed by atoms with Crippen molar-refractivity contribution in [3.63, 3.8) is 0 Å². The van der Waals surface area contributed by atoms with E-state index in [1.807, 2.05) is 30.4 Å². The topological polar surface area (TPSA) is 12.9 Å². The number of hydrogen-bond donors (Lipinski definition) is 1. The van der Waals surface area contributed by atoms with Crippen molar-refractivity contribution in [1.29, 1.82) is 0 Å². The van der Waals surface area contributed by atoms with Crippen LogP contribution in [0.3, 0.4) is 0 Å². The Morgan fingerprint density at radius 2 is 2.40 bits per heavy atom. The highest BCUT2D eigenvalue weighted by molar-refractivity contribution is 7.80. The minimum atomic E-state index is 0.760. The molecule has 1 aromatic rings. The van der Waals surface area contributed by atoms with Gasteiger partial charge in [0.15, 0.2) is 0 Å². The second-order valence-corrected chi connectivity index (χ2v) is 2.20. The number of pyridine rings is 1. The lowest BCUT2D eigenvalue weighted by atomic mass is 10.3. The lowest BCUT2D eigenvalue weighted by Crippen LogP contribution is -1.75. The molecular weight excluding hydrogens is 142 g/mol. The van der Waals surface area contributed by atoms with E-state index in [-0.39, 0.29) is 0 Å². The minimum absolute atomic E-state index is 0.760. The molecule has 0 aliphatic rings. The summed E-state index contributed by atoms with van der Waals surface area (Å²) in [5.41, 5.74) is 0.983. The Hall–Kier alpha value is -0.760. The van der Waals surface area contributed by atoms with E-state index in [4.69, 9.17) is 0 Å². The van der Waals surface area contributed by atoms with Crippen LogP contribution in [0.2, 0.25) is 0 Å². The van der Waals surface area contributed by atoms with Crippen LogP contribution in [-0.4, -0.2) is 10.7 Å². The first-order valence-electron chi connectivity index (χ1n) is 3.12. The average Bonchev–Trinajstić information content (AvgIpc) is 2.03. The van der Waals surface area contributed by atoms with Gasteiger partial charge in [-0.1, -0.05) is 12.1 Å². The Bertz CT molecular complexity index is 206. The summed E-state index contributed by atoms with van der Waals surface area (Å²) in [6, 6.07) is 5.82. The third kappa shape index (κ3) is 2.23. The van der Waals surface area contributed by atoms with Crippen LogP contribution in [0.15, 0.2) is 30.5 Å². The summed E-state index contributed by atoms with van der Waals surface area (Å²) in [6.07, 6.45) is 5.69. The van der Waals surface area contributed by atoms with E-state index in [0.29, 0.717) is 0 Å². The van der Waals surface area contributed by atoms with Crippen molar-refractivity contribution in [2.75, 3.05) is 5.75 Å². The van der Waals surface area contributed by atoms with Crippen molar-refractivity contribution in [2.24, 2.45) is 0 Å². The first-order valence-corrected chi connectivity index (χ1v) is 3.75. The molecule has 10 heavy (non-hydrogen) atoms. The highest BCUT2D eigenvalue weighted by atomic mass is 32.1. The van der Waals surface area contributed by atoms with Gasteiger partial charge >= 0.3 is 0 Å². The minimum Gasteiger partial charge on any atom is -0.257 e. The van der Waals surface area contributed by atoms with Crippen LogP contribution >= 0.6 is 12.6 Å². The van der Waals surface area contributed by atoms with Gasteiger partial charge in [-0.2, -0.15) is 12.6 Å². The molecule has 0 aliphatic heterocycles. The maximum atomic E-state index is 4.10. The third-order valence-electron chi connectivity index (χ3n) is 1.08. The van der Waals surface area contributed by atoms with E-state index in [1.165, 1.54) is 0 Å². The van der Waals surface area contributed by atoms with Crippen LogP contribution in [0, 0.1) is 0 Å². The monoisotopic (exact) mass is 151 g/mol. The second kappa shape index (κ2) is 4.12. The van der Waals surface area contributed by atoms with Crippen molar-refractivity contribution < 1.29 is 0 Å². The third-order valence-corrected chi connectivity index (χ3v) is 1.29. The van der Waals surface area contributed by atoms with Crippen LogP contribution in [0.1, 0.15) is 5.69 Å². The predicted octanol–water partition coefficient (Wildman–Crippen LogP) is 2.02. The highest BCUT2D eigenvalue weighted by Gasteiger charge is 1.80. The van der Waals surface area contributed by atoms with Gasteiger partial charge in [0.25, 0.3) is 0 Å². The summed E-state index contributed by atoms with van der Waals surface area (Å²) >= 11 is 4.04. The van der Waals surface area contributed by atoms with Crippen LogP contribution < -0.4 is 0 Å². The summed E-state index contributed by atoms with van der Waals surface area (Å²) < 4.78 is 0. The number of hydrogen-bond acceptors (Lipinski definition) is 2. The molecule has 0 atom stereocenters. The molecule has 0 radical (unpaired) electrons.